The van der Waals surface area contributed by atoms with E-state index in [9.17, 15) is 9.90 Å². The number of hydrogen-bond donors (Lipinski definition) is 4. The minimum Gasteiger partial charge on any atom is -0.374 e. The van der Waals surface area contributed by atoms with E-state index in [0.29, 0.717) is 12.5 Å². The van der Waals surface area contributed by atoms with Crippen molar-refractivity contribution in [2.24, 2.45) is 0 Å². The van der Waals surface area contributed by atoms with Crippen LogP contribution in [-0.4, -0.2) is 30.9 Å². The molecule has 0 fully saturated rings. The van der Waals surface area contributed by atoms with Crippen LogP contribution in [0.5, 0.6) is 0 Å². The second kappa shape index (κ2) is 8.30. The number of H-pyrrole nitrogens is 2. The van der Waals surface area contributed by atoms with Gasteiger partial charge in [-0.2, -0.15) is 0 Å². The number of aliphatic hydroxyl groups is 1. The molecule has 4 N–H and O–H groups in total. The summed E-state index contributed by atoms with van der Waals surface area (Å²) in [5.74, 6) is 0.116. The summed E-state index contributed by atoms with van der Waals surface area (Å²) < 4.78 is 0. The number of benzene rings is 3. The summed E-state index contributed by atoms with van der Waals surface area (Å²) in [6.45, 7) is 0.457. The number of rotatable bonds is 5. The highest BCUT2D eigenvalue weighted by Crippen LogP contribution is 2.40. The molecule has 0 spiro atoms. The largest absolute Gasteiger partial charge is 0.374 e. The third kappa shape index (κ3) is 3.57. The number of amides is 1. The average molecular weight is 450 g/mol. The number of fused-ring (bicyclic) bond motifs is 2. The van der Waals surface area contributed by atoms with Gasteiger partial charge in [0.05, 0.1) is 0 Å². The van der Waals surface area contributed by atoms with E-state index in [2.05, 4.69) is 44.5 Å². The van der Waals surface area contributed by atoms with Crippen molar-refractivity contribution in [1.82, 2.24) is 19.9 Å². The van der Waals surface area contributed by atoms with Crippen LogP contribution in [0.4, 0.5) is 5.95 Å². The van der Waals surface area contributed by atoms with Crippen LogP contribution in [-0.2, 0) is 11.3 Å². The van der Waals surface area contributed by atoms with E-state index < -0.39 is 12.3 Å². The molecule has 6 rings (SSSR count). The number of nitrogens with one attached hydrogen (secondary N) is 3. The monoisotopic (exact) mass is 449 g/mol. The van der Waals surface area contributed by atoms with Crippen LogP contribution in [0.1, 0.15) is 29.0 Å². The zero-order chi connectivity index (χ0) is 23.1. The lowest BCUT2D eigenvalue weighted by atomic mass is 9.99. The summed E-state index contributed by atoms with van der Waals surface area (Å²) in [6, 6.07) is 23.3. The number of carbonyl (C=O) groups is 1. The van der Waals surface area contributed by atoms with Crippen LogP contribution in [0, 0.1) is 0 Å². The van der Waals surface area contributed by atoms with Crippen molar-refractivity contribution in [1.29, 1.82) is 0 Å². The van der Waals surface area contributed by atoms with Crippen LogP contribution >= 0.6 is 0 Å². The van der Waals surface area contributed by atoms with Gasteiger partial charge in [-0.3, -0.25) is 15.0 Å². The molecule has 0 bridgehead atoms. The number of aliphatic hydroxyl groups excluding tert-OH is 1. The highest BCUT2D eigenvalue weighted by Gasteiger charge is 2.38. The Morgan fingerprint density at radius 2 is 1.82 bits per heavy atom. The van der Waals surface area contributed by atoms with Crippen molar-refractivity contribution in [2.75, 3.05) is 5.32 Å². The molecular weight excluding hydrogens is 426 g/mol. The number of anilines is 1. The van der Waals surface area contributed by atoms with Gasteiger partial charge in [0, 0.05) is 36.2 Å². The maximum Gasteiger partial charge on any atom is 0.248 e. The summed E-state index contributed by atoms with van der Waals surface area (Å²) in [4.78, 5) is 25.4. The van der Waals surface area contributed by atoms with Gasteiger partial charge >= 0.3 is 0 Å². The second-order valence-corrected chi connectivity index (χ2v) is 8.48. The average Bonchev–Trinajstić information content (AvgIpc) is 3.61. The lowest BCUT2D eigenvalue weighted by Crippen LogP contribution is -2.36. The lowest BCUT2D eigenvalue weighted by Gasteiger charge is -2.29. The van der Waals surface area contributed by atoms with Crippen molar-refractivity contribution >= 4 is 22.8 Å². The van der Waals surface area contributed by atoms with Crippen molar-refractivity contribution in [2.45, 2.75) is 18.8 Å². The molecule has 0 saturated carbocycles. The zero-order valence-corrected chi connectivity index (χ0v) is 18.3. The Labute approximate surface area is 196 Å². The Hall–Kier alpha value is -4.20. The first-order valence-electron chi connectivity index (χ1n) is 11.2. The summed E-state index contributed by atoms with van der Waals surface area (Å²) >= 11 is 0. The summed E-state index contributed by atoms with van der Waals surface area (Å²) in [5.41, 5.74) is 5.82. The van der Waals surface area contributed by atoms with E-state index in [4.69, 9.17) is 0 Å². The fraction of sp³-hybridized carbons (Fsp3) is 0.111. The quantitative estimate of drug-likeness (QED) is 0.311. The minimum absolute atomic E-state index is 0.258. The molecule has 7 nitrogen and oxygen atoms in total. The van der Waals surface area contributed by atoms with Gasteiger partial charge < -0.3 is 15.1 Å². The lowest BCUT2D eigenvalue weighted by molar-refractivity contribution is -0.126. The molecule has 0 saturated heterocycles. The highest BCUT2D eigenvalue weighted by molar-refractivity contribution is 5.94. The Morgan fingerprint density at radius 3 is 2.65 bits per heavy atom. The number of imidazole rings is 1. The van der Waals surface area contributed by atoms with Gasteiger partial charge in [-0.15, -0.1) is 0 Å². The molecule has 1 aliphatic heterocycles. The van der Waals surface area contributed by atoms with Crippen molar-refractivity contribution < 1.29 is 9.90 Å². The van der Waals surface area contributed by atoms with E-state index in [1.165, 1.54) is 0 Å². The van der Waals surface area contributed by atoms with Gasteiger partial charge in [0.25, 0.3) is 0 Å². The summed E-state index contributed by atoms with van der Waals surface area (Å²) in [7, 11) is 0. The molecule has 3 aromatic carbocycles. The van der Waals surface area contributed by atoms with Crippen LogP contribution in [0.3, 0.4) is 0 Å². The Bertz CT molecular complexity index is 1460. The molecule has 1 amide bonds. The molecule has 0 radical (unpaired) electrons. The van der Waals surface area contributed by atoms with Gasteiger partial charge in [-0.1, -0.05) is 48.5 Å². The van der Waals surface area contributed by atoms with E-state index >= 15 is 0 Å². The first kappa shape index (κ1) is 20.4. The first-order chi connectivity index (χ1) is 16.7. The molecular formula is C27H23N5O2. The molecule has 34 heavy (non-hydrogen) atoms. The standard InChI is InChI=1S/C27H23N5O2/c33-25(31-27-29-12-13-30-27)24(17-4-2-1-3-5-17)32-16-21-7-6-19(15-22(21)26(32)34)18-8-9-23-20(14-18)10-11-28-23/h1-15,24,26,28,34H,16H2,(H2,29,30,31,33)/t24-,26?/m1/s1. The van der Waals surface area contributed by atoms with Crippen molar-refractivity contribution in [3.8, 4) is 11.1 Å². The smallest absolute Gasteiger partial charge is 0.248 e. The molecule has 3 heterocycles. The maximum absolute atomic E-state index is 13.4. The molecule has 5 aromatic rings. The molecule has 0 aliphatic carbocycles. The van der Waals surface area contributed by atoms with E-state index in [1.807, 2.05) is 59.6 Å². The SMILES string of the molecule is O=C(Nc1ncc[nH]1)[C@@H](c1ccccc1)N1Cc2ccc(-c3ccc4[nH]ccc4c3)cc2C1O. The number of hydrogen-bond acceptors (Lipinski definition) is 4. The number of aromatic amines is 2. The molecule has 7 heteroatoms. The van der Waals surface area contributed by atoms with Crippen molar-refractivity contribution in [3.05, 3.63) is 108 Å². The van der Waals surface area contributed by atoms with Gasteiger partial charge in [-0.25, -0.2) is 4.98 Å². The van der Waals surface area contributed by atoms with Crippen LogP contribution in [0.2, 0.25) is 0 Å². The van der Waals surface area contributed by atoms with Gasteiger partial charge in [-0.05, 0) is 51.9 Å². The van der Waals surface area contributed by atoms with Gasteiger partial charge in [0.1, 0.15) is 12.3 Å². The normalized spacial score (nSPS) is 16.4. The van der Waals surface area contributed by atoms with Crippen LogP contribution in [0.15, 0.2) is 91.4 Å². The molecule has 2 atom stereocenters. The van der Waals surface area contributed by atoms with E-state index in [1.54, 1.807) is 12.4 Å². The summed E-state index contributed by atoms with van der Waals surface area (Å²) in [6.07, 6.45) is 4.24. The predicted molar refractivity (Wildman–Crippen MR) is 131 cm³/mol. The van der Waals surface area contributed by atoms with Crippen LogP contribution in [0.25, 0.3) is 22.0 Å². The van der Waals surface area contributed by atoms with E-state index in [0.717, 1.165) is 38.7 Å². The van der Waals surface area contributed by atoms with E-state index in [-0.39, 0.29) is 5.91 Å². The number of aromatic nitrogens is 3. The molecule has 168 valence electrons. The number of carbonyl (C=O) groups excluding carboxylic acids is 1. The molecule has 2 aromatic heterocycles. The maximum atomic E-state index is 13.4. The third-order valence-electron chi connectivity index (χ3n) is 6.41. The van der Waals surface area contributed by atoms with Gasteiger partial charge in [0.2, 0.25) is 11.9 Å². The zero-order valence-electron chi connectivity index (χ0n) is 18.3. The Morgan fingerprint density at radius 1 is 1.00 bits per heavy atom. The fourth-order valence-electron chi connectivity index (χ4n) is 4.73. The first-order valence-corrected chi connectivity index (χ1v) is 11.2. The number of nitrogens with zero attached hydrogens (tertiary/aromatic N) is 2. The molecule has 1 unspecified atom stereocenters. The fourth-order valence-corrected chi connectivity index (χ4v) is 4.73. The van der Waals surface area contributed by atoms with Gasteiger partial charge in [0.15, 0.2) is 0 Å². The predicted octanol–water partition coefficient (Wildman–Crippen LogP) is 4.74. The summed E-state index contributed by atoms with van der Waals surface area (Å²) in [5, 5.41) is 15.3. The minimum atomic E-state index is -0.918. The molecule has 1 aliphatic rings. The van der Waals surface area contributed by atoms with Crippen molar-refractivity contribution in [3.63, 3.8) is 0 Å². The Kier molecular flexibility index (Phi) is 4.98. The third-order valence-corrected chi connectivity index (χ3v) is 6.41. The topological polar surface area (TPSA) is 97.0 Å². The second-order valence-electron chi connectivity index (χ2n) is 8.48. The van der Waals surface area contributed by atoms with Crippen LogP contribution < -0.4 is 5.32 Å². The highest BCUT2D eigenvalue weighted by atomic mass is 16.3. The Balaban J connectivity index is 1.34.